The van der Waals surface area contributed by atoms with Crippen LogP contribution in [0.3, 0.4) is 0 Å². The van der Waals surface area contributed by atoms with Gasteiger partial charge in [0, 0.05) is 42.9 Å². The van der Waals surface area contributed by atoms with Crippen LogP contribution in [0, 0.1) is 11.6 Å². The second-order valence-electron chi connectivity index (χ2n) is 9.20. The van der Waals surface area contributed by atoms with Crippen molar-refractivity contribution in [1.82, 2.24) is 15.2 Å². The molecule has 8 nitrogen and oxygen atoms in total. The lowest BCUT2D eigenvalue weighted by Crippen LogP contribution is -2.40. The van der Waals surface area contributed by atoms with Gasteiger partial charge in [-0.25, -0.2) is 13.8 Å². The molecule has 39 heavy (non-hydrogen) atoms. The molecule has 5 rings (SSSR count). The first-order valence-corrected chi connectivity index (χ1v) is 12.7. The van der Waals surface area contributed by atoms with Crippen molar-refractivity contribution in [2.45, 2.75) is 12.5 Å². The summed E-state index contributed by atoms with van der Waals surface area (Å²) in [5.41, 5.74) is 6.82. The topological polar surface area (TPSA) is 107 Å². The minimum Gasteiger partial charge on any atom is -0.486 e. The van der Waals surface area contributed by atoms with Crippen molar-refractivity contribution < 1.29 is 27.8 Å². The van der Waals surface area contributed by atoms with E-state index >= 15 is 8.78 Å². The van der Waals surface area contributed by atoms with Crippen molar-refractivity contribution in [3.05, 3.63) is 82.0 Å². The van der Waals surface area contributed by atoms with Crippen molar-refractivity contribution in [2.24, 2.45) is 0 Å². The van der Waals surface area contributed by atoms with Gasteiger partial charge in [-0.05, 0) is 53.6 Å². The van der Waals surface area contributed by atoms with Crippen molar-refractivity contribution in [1.29, 1.82) is 0 Å². The molecule has 0 spiro atoms. The van der Waals surface area contributed by atoms with E-state index in [1.54, 1.807) is 30.5 Å². The number of halogens is 3. The Morgan fingerprint density at radius 2 is 1.90 bits per heavy atom. The molecule has 3 heterocycles. The van der Waals surface area contributed by atoms with Gasteiger partial charge < -0.3 is 25.4 Å². The summed E-state index contributed by atoms with van der Waals surface area (Å²) in [5, 5.41) is 2.96. The van der Waals surface area contributed by atoms with Crippen LogP contribution in [0.1, 0.15) is 21.5 Å². The van der Waals surface area contributed by atoms with E-state index in [-0.39, 0.29) is 34.2 Å². The molecule has 0 aliphatic carbocycles. The molecule has 1 fully saturated rings. The van der Waals surface area contributed by atoms with E-state index in [0.29, 0.717) is 49.9 Å². The number of benzene rings is 2. The molecule has 3 aromatic rings. The van der Waals surface area contributed by atoms with E-state index in [0.717, 1.165) is 17.7 Å². The van der Waals surface area contributed by atoms with Crippen LogP contribution >= 0.6 is 11.6 Å². The van der Waals surface area contributed by atoms with Gasteiger partial charge in [-0.2, -0.15) is 0 Å². The number of nitrogen functional groups attached to an aromatic ring is 1. The molecule has 1 unspecified atom stereocenters. The largest absolute Gasteiger partial charge is 0.486 e. The molecular formula is C28H25ClF2N4O4. The SMILES string of the molecule is Nc1ccc(/C=C/C(=O)NCC2Cc3cc(-c4c(F)cc(C(=O)N5CCOCC5)cc4F)cc(Cl)c3O2)cn1. The van der Waals surface area contributed by atoms with Crippen LogP contribution in [0.2, 0.25) is 5.02 Å². The van der Waals surface area contributed by atoms with Gasteiger partial charge in [0.15, 0.2) is 0 Å². The normalized spacial score (nSPS) is 16.7. The van der Waals surface area contributed by atoms with Crippen molar-refractivity contribution in [3.8, 4) is 16.9 Å². The van der Waals surface area contributed by atoms with Crippen molar-refractivity contribution >= 4 is 35.3 Å². The summed E-state index contributed by atoms with van der Waals surface area (Å²) in [7, 11) is 0. The Balaban J connectivity index is 1.26. The van der Waals surface area contributed by atoms with E-state index in [2.05, 4.69) is 10.3 Å². The zero-order chi connectivity index (χ0) is 27.5. The Kier molecular flexibility index (Phi) is 7.76. The third kappa shape index (κ3) is 6.02. The zero-order valence-corrected chi connectivity index (χ0v) is 21.5. The molecule has 0 bridgehead atoms. The monoisotopic (exact) mass is 554 g/mol. The smallest absolute Gasteiger partial charge is 0.254 e. The second-order valence-corrected chi connectivity index (χ2v) is 9.61. The van der Waals surface area contributed by atoms with E-state index in [9.17, 15) is 9.59 Å². The lowest BCUT2D eigenvalue weighted by Gasteiger charge is -2.27. The maximum absolute atomic E-state index is 15.1. The number of aromatic nitrogens is 1. The van der Waals surface area contributed by atoms with Gasteiger partial charge in [0.25, 0.3) is 5.91 Å². The minimum absolute atomic E-state index is 0.0660. The van der Waals surface area contributed by atoms with Crippen LogP contribution < -0.4 is 15.8 Å². The van der Waals surface area contributed by atoms with Crippen LogP contribution in [0.25, 0.3) is 17.2 Å². The van der Waals surface area contributed by atoms with Crippen LogP contribution in [0.15, 0.2) is 48.7 Å². The molecule has 2 aliphatic rings. The zero-order valence-electron chi connectivity index (χ0n) is 20.8. The maximum atomic E-state index is 15.1. The Morgan fingerprint density at radius 1 is 1.15 bits per heavy atom. The Labute approximate surface area is 228 Å². The number of ether oxygens (including phenoxy) is 2. The van der Waals surface area contributed by atoms with E-state index < -0.39 is 23.6 Å². The molecule has 1 atom stereocenters. The van der Waals surface area contributed by atoms with Crippen LogP contribution in [-0.2, 0) is 16.0 Å². The molecule has 1 aromatic heterocycles. The predicted octanol–water partition coefficient (Wildman–Crippen LogP) is 3.87. The standard InChI is InChI=1S/C28H25ClF2N4O4/c29-21-11-17(26-22(30)12-19(13-23(26)31)28(37)35-5-7-38-8-6-35)9-18-10-20(39-27(18)21)15-34-25(36)4-2-16-1-3-24(32)33-14-16/h1-4,9,11-14,20H,5-8,10,15H2,(H2,32,33)(H,34,36)/b4-2+. The summed E-state index contributed by atoms with van der Waals surface area (Å²) in [5.74, 6) is -1.72. The molecule has 2 amide bonds. The first kappa shape index (κ1) is 26.6. The summed E-state index contributed by atoms with van der Waals surface area (Å²) in [4.78, 5) is 30.4. The van der Waals surface area contributed by atoms with Crippen molar-refractivity contribution in [2.75, 3.05) is 38.6 Å². The molecule has 0 saturated carbocycles. The number of morpholine rings is 1. The van der Waals surface area contributed by atoms with Gasteiger partial charge in [0.2, 0.25) is 5.91 Å². The maximum Gasteiger partial charge on any atom is 0.254 e. The first-order chi connectivity index (χ1) is 18.8. The van der Waals surface area contributed by atoms with Gasteiger partial charge in [-0.3, -0.25) is 9.59 Å². The average Bonchev–Trinajstić information content (AvgIpc) is 3.35. The predicted molar refractivity (Wildman–Crippen MR) is 142 cm³/mol. The Bertz CT molecular complexity index is 1420. The lowest BCUT2D eigenvalue weighted by atomic mass is 9.98. The number of fused-ring (bicyclic) bond motifs is 1. The number of anilines is 1. The van der Waals surface area contributed by atoms with Gasteiger partial charge in [-0.1, -0.05) is 11.6 Å². The molecule has 2 aliphatic heterocycles. The highest BCUT2D eigenvalue weighted by Crippen LogP contribution is 2.41. The fraction of sp³-hybridized carbons (Fsp3) is 0.250. The number of nitrogens with two attached hydrogens (primary N) is 1. The Hall–Kier alpha value is -4.02. The van der Waals surface area contributed by atoms with E-state index in [4.69, 9.17) is 26.8 Å². The van der Waals surface area contributed by atoms with Gasteiger partial charge in [0.05, 0.1) is 30.3 Å². The third-order valence-corrected chi connectivity index (χ3v) is 6.75. The molecule has 1 saturated heterocycles. The second kappa shape index (κ2) is 11.4. The number of nitrogens with zero attached hydrogens (tertiary/aromatic N) is 2. The molecule has 2 aromatic carbocycles. The van der Waals surface area contributed by atoms with Gasteiger partial charge >= 0.3 is 0 Å². The lowest BCUT2D eigenvalue weighted by molar-refractivity contribution is -0.116. The number of hydrogen-bond acceptors (Lipinski definition) is 6. The van der Waals surface area contributed by atoms with Crippen LogP contribution in [-0.4, -0.2) is 60.7 Å². The number of amides is 2. The van der Waals surface area contributed by atoms with Crippen LogP contribution in [0.4, 0.5) is 14.6 Å². The molecular weight excluding hydrogens is 530 g/mol. The van der Waals surface area contributed by atoms with Crippen LogP contribution in [0.5, 0.6) is 5.75 Å². The third-order valence-electron chi connectivity index (χ3n) is 6.47. The van der Waals surface area contributed by atoms with E-state index in [1.807, 2.05) is 0 Å². The minimum atomic E-state index is -0.867. The van der Waals surface area contributed by atoms with E-state index in [1.165, 1.54) is 17.0 Å². The summed E-state index contributed by atoms with van der Waals surface area (Å²) in [6, 6.07) is 8.50. The van der Waals surface area contributed by atoms with Gasteiger partial charge in [0.1, 0.15) is 29.3 Å². The summed E-state index contributed by atoms with van der Waals surface area (Å²) >= 11 is 6.41. The summed E-state index contributed by atoms with van der Waals surface area (Å²) in [6.45, 7) is 1.69. The number of hydrogen-bond donors (Lipinski definition) is 2. The fourth-order valence-corrected chi connectivity index (χ4v) is 4.81. The van der Waals surface area contributed by atoms with Crippen molar-refractivity contribution in [3.63, 3.8) is 0 Å². The number of rotatable bonds is 6. The molecule has 0 radical (unpaired) electrons. The number of carbonyl (C=O) groups is 2. The number of nitrogens with one attached hydrogen (secondary N) is 1. The summed E-state index contributed by atoms with van der Waals surface area (Å²) in [6.07, 6.45) is 4.51. The molecule has 202 valence electrons. The van der Waals surface area contributed by atoms with Gasteiger partial charge in [-0.15, -0.1) is 0 Å². The molecule has 11 heteroatoms. The summed E-state index contributed by atoms with van der Waals surface area (Å²) < 4.78 is 41.4. The number of carbonyl (C=O) groups excluding carboxylic acids is 2. The average molecular weight is 555 g/mol. The highest BCUT2D eigenvalue weighted by molar-refractivity contribution is 6.32. The molecule has 3 N–H and O–H groups in total. The highest BCUT2D eigenvalue weighted by Gasteiger charge is 2.28. The Morgan fingerprint density at radius 3 is 2.59 bits per heavy atom. The quantitative estimate of drug-likeness (QED) is 0.448. The fourth-order valence-electron chi connectivity index (χ4n) is 4.53. The first-order valence-electron chi connectivity index (χ1n) is 12.3. The number of pyridine rings is 1. The highest BCUT2D eigenvalue weighted by atomic mass is 35.5.